The van der Waals surface area contributed by atoms with Crippen LogP contribution in [0.3, 0.4) is 0 Å². The third-order valence-corrected chi connectivity index (χ3v) is 6.60. The van der Waals surface area contributed by atoms with Crippen molar-refractivity contribution in [2.45, 2.75) is 32.2 Å². The summed E-state index contributed by atoms with van der Waals surface area (Å²) in [6.45, 7) is 2.48. The van der Waals surface area contributed by atoms with Gasteiger partial charge in [-0.1, -0.05) is 0 Å². The van der Waals surface area contributed by atoms with Crippen LogP contribution in [0, 0.1) is 5.92 Å². The highest BCUT2D eigenvalue weighted by molar-refractivity contribution is 7.98. The maximum absolute atomic E-state index is 12.5. The molecular weight excluding hydrogens is 300 g/mol. The standard InChI is InChI=1S/C12H24N2O4S2/c1-10(6-9-19-3)13(2)20(17,18)14-7-4-11(5-8-14)12(15)16/h10-11H,4-9H2,1-3H3,(H,15,16). The van der Waals surface area contributed by atoms with Gasteiger partial charge in [0.2, 0.25) is 0 Å². The number of carboxylic acids is 1. The van der Waals surface area contributed by atoms with Gasteiger partial charge in [-0.15, -0.1) is 0 Å². The molecule has 0 spiro atoms. The Morgan fingerprint density at radius 2 is 2.00 bits per heavy atom. The number of thioether (sulfide) groups is 1. The second-order valence-corrected chi connectivity index (χ2v) is 8.14. The van der Waals surface area contributed by atoms with Crippen molar-refractivity contribution >= 4 is 27.9 Å². The molecule has 1 N–H and O–H groups in total. The summed E-state index contributed by atoms with van der Waals surface area (Å²) < 4.78 is 27.7. The number of piperidine rings is 1. The van der Waals surface area contributed by atoms with E-state index in [1.54, 1.807) is 18.8 Å². The van der Waals surface area contributed by atoms with E-state index in [1.165, 1.54) is 8.61 Å². The largest absolute Gasteiger partial charge is 0.481 e. The molecule has 1 aliphatic rings. The van der Waals surface area contributed by atoms with Gasteiger partial charge < -0.3 is 5.11 Å². The van der Waals surface area contributed by atoms with E-state index in [9.17, 15) is 13.2 Å². The molecule has 118 valence electrons. The van der Waals surface area contributed by atoms with Crippen LogP contribution in [0.25, 0.3) is 0 Å². The first-order chi connectivity index (χ1) is 9.30. The normalized spacial score (nSPS) is 20.2. The van der Waals surface area contributed by atoms with Crippen molar-refractivity contribution in [1.82, 2.24) is 8.61 Å². The highest BCUT2D eigenvalue weighted by Gasteiger charge is 2.34. The fourth-order valence-corrected chi connectivity index (χ4v) is 4.39. The summed E-state index contributed by atoms with van der Waals surface area (Å²) in [5.41, 5.74) is 0. The predicted molar refractivity (Wildman–Crippen MR) is 81.1 cm³/mol. The van der Waals surface area contributed by atoms with Gasteiger partial charge in [0.25, 0.3) is 10.2 Å². The Balaban J connectivity index is 2.63. The maximum Gasteiger partial charge on any atom is 0.306 e. The lowest BCUT2D eigenvalue weighted by Crippen LogP contribution is -2.49. The third kappa shape index (κ3) is 4.34. The number of carboxylic acid groups (broad SMARTS) is 1. The van der Waals surface area contributed by atoms with Crippen molar-refractivity contribution < 1.29 is 18.3 Å². The van der Waals surface area contributed by atoms with Crippen molar-refractivity contribution in [2.75, 3.05) is 32.1 Å². The van der Waals surface area contributed by atoms with Gasteiger partial charge in [-0.2, -0.15) is 28.8 Å². The van der Waals surface area contributed by atoms with E-state index in [0.717, 1.165) is 12.2 Å². The van der Waals surface area contributed by atoms with Gasteiger partial charge in [0.15, 0.2) is 0 Å². The van der Waals surface area contributed by atoms with Crippen LogP contribution in [0.2, 0.25) is 0 Å². The molecule has 0 aromatic heterocycles. The van der Waals surface area contributed by atoms with Crippen LogP contribution in [0.5, 0.6) is 0 Å². The molecule has 1 heterocycles. The van der Waals surface area contributed by atoms with E-state index < -0.39 is 22.1 Å². The molecule has 1 saturated heterocycles. The summed E-state index contributed by atoms with van der Waals surface area (Å²) in [7, 11) is -1.88. The van der Waals surface area contributed by atoms with Gasteiger partial charge >= 0.3 is 5.97 Å². The Bertz CT molecular complexity index is 419. The van der Waals surface area contributed by atoms with E-state index in [1.807, 2.05) is 13.2 Å². The number of rotatable bonds is 7. The molecule has 20 heavy (non-hydrogen) atoms. The minimum Gasteiger partial charge on any atom is -0.481 e. The predicted octanol–water partition coefficient (Wildman–Crippen LogP) is 1.10. The number of aliphatic carboxylic acids is 1. The smallest absolute Gasteiger partial charge is 0.306 e. The molecule has 0 aromatic rings. The molecule has 1 fully saturated rings. The molecule has 1 unspecified atom stereocenters. The minimum atomic E-state index is -3.48. The van der Waals surface area contributed by atoms with Crippen LogP contribution < -0.4 is 0 Å². The molecule has 0 saturated carbocycles. The summed E-state index contributed by atoms with van der Waals surface area (Å²) in [5.74, 6) is -0.327. The average Bonchev–Trinajstić information content (AvgIpc) is 2.43. The van der Waals surface area contributed by atoms with E-state index in [-0.39, 0.29) is 6.04 Å². The summed E-state index contributed by atoms with van der Waals surface area (Å²) in [5, 5.41) is 8.94. The lowest BCUT2D eigenvalue weighted by molar-refractivity contribution is -0.142. The molecule has 0 bridgehead atoms. The van der Waals surface area contributed by atoms with Crippen molar-refractivity contribution in [2.24, 2.45) is 5.92 Å². The van der Waals surface area contributed by atoms with E-state index in [0.29, 0.717) is 25.9 Å². The Hall–Kier alpha value is -0.310. The highest BCUT2D eigenvalue weighted by atomic mass is 32.2. The molecule has 0 radical (unpaired) electrons. The van der Waals surface area contributed by atoms with Crippen LogP contribution >= 0.6 is 11.8 Å². The Kier molecular flexibility index (Phi) is 6.77. The van der Waals surface area contributed by atoms with Crippen molar-refractivity contribution in [3.8, 4) is 0 Å². The number of nitrogens with zero attached hydrogens (tertiary/aromatic N) is 2. The van der Waals surface area contributed by atoms with E-state index >= 15 is 0 Å². The van der Waals surface area contributed by atoms with Crippen molar-refractivity contribution in [3.63, 3.8) is 0 Å². The van der Waals surface area contributed by atoms with Crippen LogP contribution in [0.4, 0.5) is 0 Å². The van der Waals surface area contributed by atoms with Gasteiger partial charge in [0, 0.05) is 26.2 Å². The molecule has 6 nitrogen and oxygen atoms in total. The van der Waals surface area contributed by atoms with Gasteiger partial charge in [-0.3, -0.25) is 4.79 Å². The maximum atomic E-state index is 12.5. The molecule has 1 rings (SSSR count). The van der Waals surface area contributed by atoms with Crippen LogP contribution in [0.1, 0.15) is 26.2 Å². The molecule has 8 heteroatoms. The van der Waals surface area contributed by atoms with Gasteiger partial charge in [-0.05, 0) is 38.2 Å². The second-order valence-electron chi connectivity index (χ2n) is 5.17. The molecule has 0 aromatic carbocycles. The number of hydrogen-bond acceptors (Lipinski definition) is 4. The fourth-order valence-electron chi connectivity index (χ4n) is 2.21. The monoisotopic (exact) mass is 324 g/mol. The first kappa shape index (κ1) is 17.7. The Morgan fingerprint density at radius 1 is 1.45 bits per heavy atom. The number of carbonyl (C=O) groups is 1. The number of hydrogen-bond donors (Lipinski definition) is 1. The Morgan fingerprint density at radius 3 is 2.45 bits per heavy atom. The minimum absolute atomic E-state index is 0.0513. The topological polar surface area (TPSA) is 77.9 Å². The second kappa shape index (κ2) is 7.63. The molecule has 1 atom stereocenters. The molecule has 0 amide bonds. The van der Waals surface area contributed by atoms with Crippen LogP contribution in [0.15, 0.2) is 0 Å². The zero-order valence-electron chi connectivity index (χ0n) is 12.3. The van der Waals surface area contributed by atoms with E-state index in [2.05, 4.69) is 0 Å². The van der Waals surface area contributed by atoms with Gasteiger partial charge in [-0.25, -0.2) is 0 Å². The van der Waals surface area contributed by atoms with Gasteiger partial charge in [0.05, 0.1) is 5.92 Å². The summed E-state index contributed by atoms with van der Waals surface area (Å²) in [6, 6.07) is -0.0513. The van der Waals surface area contributed by atoms with Crippen LogP contribution in [-0.2, 0) is 15.0 Å². The Labute approximate surface area is 125 Å². The SMILES string of the molecule is CSCCC(C)N(C)S(=O)(=O)N1CCC(C(=O)O)CC1. The van der Waals surface area contributed by atoms with E-state index in [4.69, 9.17) is 5.11 Å². The van der Waals surface area contributed by atoms with Gasteiger partial charge in [0.1, 0.15) is 0 Å². The fraction of sp³-hybridized carbons (Fsp3) is 0.917. The molecule has 1 aliphatic heterocycles. The zero-order chi connectivity index (χ0) is 15.3. The first-order valence-corrected chi connectivity index (χ1v) is 9.54. The van der Waals surface area contributed by atoms with Crippen molar-refractivity contribution in [1.29, 1.82) is 0 Å². The lowest BCUT2D eigenvalue weighted by Gasteiger charge is -2.34. The average molecular weight is 324 g/mol. The third-order valence-electron chi connectivity index (χ3n) is 3.85. The highest BCUT2D eigenvalue weighted by Crippen LogP contribution is 2.22. The van der Waals surface area contributed by atoms with Crippen LogP contribution in [-0.4, -0.2) is 66.3 Å². The zero-order valence-corrected chi connectivity index (χ0v) is 13.9. The summed E-state index contributed by atoms with van der Waals surface area (Å²) in [6.07, 6.45) is 3.59. The molecular formula is C12H24N2O4S2. The molecule has 0 aliphatic carbocycles. The summed E-state index contributed by atoms with van der Waals surface area (Å²) in [4.78, 5) is 10.9. The lowest BCUT2D eigenvalue weighted by atomic mass is 9.99. The first-order valence-electron chi connectivity index (χ1n) is 6.75. The summed E-state index contributed by atoms with van der Waals surface area (Å²) >= 11 is 1.70. The van der Waals surface area contributed by atoms with Crippen molar-refractivity contribution in [3.05, 3.63) is 0 Å². The quantitative estimate of drug-likeness (QED) is 0.759.